The first-order valence-electron chi connectivity index (χ1n) is 5.70. The lowest BCUT2D eigenvalue weighted by Crippen LogP contribution is -1.93. The molecule has 1 heterocycles. The van der Waals surface area contributed by atoms with Crippen LogP contribution in [0.2, 0.25) is 0 Å². The number of benzene rings is 1. The second-order valence-corrected chi connectivity index (χ2v) is 5.04. The molecule has 1 aromatic carbocycles. The quantitative estimate of drug-likeness (QED) is 0.743. The summed E-state index contributed by atoms with van der Waals surface area (Å²) in [6.45, 7) is 2.11. The minimum absolute atomic E-state index is 0.370. The molecule has 1 aromatic heterocycles. The average molecular weight is 327 g/mol. The van der Waals surface area contributed by atoms with Gasteiger partial charge in [-0.05, 0) is 46.1 Å². The molecule has 0 aliphatic rings. The Hall–Kier alpha value is -1.06. The normalized spacial score (nSPS) is 10.4. The molecule has 94 valence electrons. The third kappa shape index (κ3) is 3.24. The standard InChI is InChI=1S/C14H13BrClNO/c1-2-10-4-3-5-13(6-10)18-14-11(8-16)7-12(15)9-17-14/h3-7,9H,2,8H2,1H3. The molecule has 4 heteroatoms. The lowest BCUT2D eigenvalue weighted by Gasteiger charge is -2.09. The number of nitrogens with zero attached hydrogens (tertiary/aromatic N) is 1. The molecule has 2 aromatic rings. The molecule has 0 saturated carbocycles. The van der Waals surface area contributed by atoms with E-state index in [-0.39, 0.29) is 0 Å². The fraction of sp³-hybridized carbons (Fsp3) is 0.214. The van der Waals surface area contributed by atoms with E-state index in [4.69, 9.17) is 16.3 Å². The average Bonchev–Trinajstić information content (AvgIpc) is 2.41. The number of hydrogen-bond donors (Lipinski definition) is 0. The van der Waals surface area contributed by atoms with E-state index in [1.165, 1.54) is 5.56 Å². The van der Waals surface area contributed by atoms with Crippen LogP contribution in [0.25, 0.3) is 0 Å². The van der Waals surface area contributed by atoms with Gasteiger partial charge in [-0.15, -0.1) is 11.6 Å². The van der Waals surface area contributed by atoms with E-state index < -0.39 is 0 Å². The second-order valence-electron chi connectivity index (χ2n) is 3.85. The minimum Gasteiger partial charge on any atom is -0.439 e. The van der Waals surface area contributed by atoms with E-state index in [9.17, 15) is 0 Å². The predicted octanol–water partition coefficient (Wildman–Crippen LogP) is 4.94. The van der Waals surface area contributed by atoms with Crippen LogP contribution in [-0.2, 0) is 12.3 Å². The summed E-state index contributed by atoms with van der Waals surface area (Å²) in [6.07, 6.45) is 2.68. The topological polar surface area (TPSA) is 22.1 Å². The minimum atomic E-state index is 0.370. The van der Waals surface area contributed by atoms with E-state index in [2.05, 4.69) is 33.9 Å². The highest BCUT2D eigenvalue weighted by Gasteiger charge is 2.07. The lowest BCUT2D eigenvalue weighted by atomic mass is 10.2. The fourth-order valence-corrected chi connectivity index (χ4v) is 2.17. The summed E-state index contributed by atoms with van der Waals surface area (Å²) in [5.74, 6) is 1.71. The summed E-state index contributed by atoms with van der Waals surface area (Å²) in [5.41, 5.74) is 2.10. The number of aryl methyl sites for hydroxylation is 1. The third-order valence-corrected chi connectivity index (χ3v) is 3.28. The van der Waals surface area contributed by atoms with E-state index >= 15 is 0 Å². The Balaban J connectivity index is 2.27. The second kappa shape index (κ2) is 6.21. The van der Waals surface area contributed by atoms with Gasteiger partial charge >= 0.3 is 0 Å². The number of halogens is 2. The van der Waals surface area contributed by atoms with Gasteiger partial charge in [0.1, 0.15) is 5.75 Å². The van der Waals surface area contributed by atoms with Crippen LogP contribution in [0.15, 0.2) is 41.0 Å². The summed E-state index contributed by atoms with van der Waals surface area (Å²) in [7, 11) is 0. The third-order valence-electron chi connectivity index (χ3n) is 2.56. The van der Waals surface area contributed by atoms with Gasteiger partial charge in [0.2, 0.25) is 5.88 Å². The van der Waals surface area contributed by atoms with Crippen molar-refractivity contribution < 1.29 is 4.74 Å². The van der Waals surface area contributed by atoms with E-state index in [1.807, 2.05) is 24.3 Å². The van der Waals surface area contributed by atoms with Crippen molar-refractivity contribution in [2.75, 3.05) is 0 Å². The van der Waals surface area contributed by atoms with Gasteiger partial charge in [0, 0.05) is 16.2 Å². The van der Waals surface area contributed by atoms with Crippen molar-refractivity contribution in [3.05, 3.63) is 52.1 Å². The molecule has 0 spiro atoms. The Morgan fingerprint density at radius 1 is 1.33 bits per heavy atom. The number of alkyl halides is 1. The Kier molecular flexibility index (Phi) is 4.61. The number of ether oxygens (including phenoxy) is 1. The van der Waals surface area contributed by atoms with Crippen molar-refractivity contribution in [1.82, 2.24) is 4.98 Å². The largest absolute Gasteiger partial charge is 0.439 e. The summed E-state index contributed by atoms with van der Waals surface area (Å²) >= 11 is 9.26. The van der Waals surface area contributed by atoms with Crippen LogP contribution in [-0.4, -0.2) is 4.98 Å². The van der Waals surface area contributed by atoms with Gasteiger partial charge in [-0.25, -0.2) is 4.98 Å². The maximum absolute atomic E-state index is 5.89. The molecule has 0 bridgehead atoms. The first-order valence-corrected chi connectivity index (χ1v) is 7.03. The van der Waals surface area contributed by atoms with Gasteiger partial charge in [-0.2, -0.15) is 0 Å². The SMILES string of the molecule is CCc1cccc(Oc2ncc(Br)cc2CCl)c1. The van der Waals surface area contributed by atoms with Crippen LogP contribution in [0.1, 0.15) is 18.1 Å². The molecule has 0 N–H and O–H groups in total. The highest BCUT2D eigenvalue weighted by molar-refractivity contribution is 9.10. The molecule has 0 aliphatic carbocycles. The maximum Gasteiger partial charge on any atom is 0.223 e. The molecule has 0 fully saturated rings. The highest BCUT2D eigenvalue weighted by Crippen LogP contribution is 2.27. The molecule has 2 nitrogen and oxygen atoms in total. The van der Waals surface area contributed by atoms with Gasteiger partial charge in [-0.3, -0.25) is 0 Å². The van der Waals surface area contributed by atoms with Crippen LogP contribution in [0, 0.1) is 0 Å². The van der Waals surface area contributed by atoms with Crippen LogP contribution in [0.5, 0.6) is 11.6 Å². The first kappa shape index (κ1) is 13.4. The molecule has 0 saturated heterocycles. The summed E-state index contributed by atoms with van der Waals surface area (Å²) in [5, 5.41) is 0. The van der Waals surface area contributed by atoms with Crippen molar-refractivity contribution in [2.24, 2.45) is 0 Å². The van der Waals surface area contributed by atoms with Gasteiger partial charge in [0.25, 0.3) is 0 Å². The zero-order chi connectivity index (χ0) is 13.0. The first-order chi connectivity index (χ1) is 8.72. The van der Waals surface area contributed by atoms with Crippen molar-refractivity contribution in [3.8, 4) is 11.6 Å². The predicted molar refractivity (Wildman–Crippen MR) is 77.4 cm³/mol. The Labute approximate surface area is 120 Å². The number of aromatic nitrogens is 1. The van der Waals surface area contributed by atoms with Crippen LogP contribution < -0.4 is 4.74 Å². The van der Waals surface area contributed by atoms with E-state index in [1.54, 1.807) is 6.20 Å². The van der Waals surface area contributed by atoms with Crippen molar-refractivity contribution in [1.29, 1.82) is 0 Å². The summed E-state index contributed by atoms with van der Waals surface area (Å²) in [4.78, 5) is 4.25. The van der Waals surface area contributed by atoms with Gasteiger partial charge in [0.15, 0.2) is 0 Å². The van der Waals surface area contributed by atoms with E-state index in [0.717, 1.165) is 22.2 Å². The van der Waals surface area contributed by atoms with Gasteiger partial charge in [0.05, 0.1) is 5.88 Å². The molecule has 0 amide bonds. The zero-order valence-electron chi connectivity index (χ0n) is 9.99. The van der Waals surface area contributed by atoms with Crippen LogP contribution in [0.3, 0.4) is 0 Å². The summed E-state index contributed by atoms with van der Waals surface area (Å²) < 4.78 is 6.68. The number of hydrogen-bond acceptors (Lipinski definition) is 2. The van der Waals surface area contributed by atoms with Gasteiger partial charge in [-0.1, -0.05) is 19.1 Å². The lowest BCUT2D eigenvalue weighted by molar-refractivity contribution is 0.457. The van der Waals surface area contributed by atoms with E-state index in [0.29, 0.717) is 11.8 Å². The highest BCUT2D eigenvalue weighted by atomic mass is 79.9. The molecular formula is C14H13BrClNO. The fourth-order valence-electron chi connectivity index (χ4n) is 1.60. The Bertz CT molecular complexity index is 545. The smallest absolute Gasteiger partial charge is 0.223 e. The summed E-state index contributed by atoms with van der Waals surface area (Å²) in [6, 6.07) is 9.90. The molecule has 0 aliphatic heterocycles. The van der Waals surface area contributed by atoms with Crippen molar-refractivity contribution in [3.63, 3.8) is 0 Å². The zero-order valence-corrected chi connectivity index (χ0v) is 12.3. The number of pyridine rings is 1. The molecule has 2 rings (SSSR count). The molecule has 0 unspecified atom stereocenters. The molecule has 0 radical (unpaired) electrons. The molecular weight excluding hydrogens is 314 g/mol. The van der Waals surface area contributed by atoms with Crippen LogP contribution >= 0.6 is 27.5 Å². The van der Waals surface area contributed by atoms with Gasteiger partial charge < -0.3 is 4.74 Å². The Morgan fingerprint density at radius 2 is 2.17 bits per heavy atom. The molecule has 0 atom stereocenters. The monoisotopic (exact) mass is 325 g/mol. The van der Waals surface area contributed by atoms with Crippen LogP contribution in [0.4, 0.5) is 0 Å². The molecule has 18 heavy (non-hydrogen) atoms. The van der Waals surface area contributed by atoms with Crippen molar-refractivity contribution in [2.45, 2.75) is 19.2 Å². The Morgan fingerprint density at radius 3 is 2.89 bits per heavy atom. The van der Waals surface area contributed by atoms with Crippen molar-refractivity contribution >= 4 is 27.5 Å². The number of rotatable bonds is 4. The maximum atomic E-state index is 5.89.